The van der Waals surface area contributed by atoms with Crippen molar-refractivity contribution in [1.82, 2.24) is 14.8 Å². The van der Waals surface area contributed by atoms with Gasteiger partial charge < -0.3 is 14.8 Å². The van der Waals surface area contributed by atoms with Crippen molar-refractivity contribution in [3.63, 3.8) is 0 Å². The highest BCUT2D eigenvalue weighted by Gasteiger charge is 2.22. The van der Waals surface area contributed by atoms with Crippen LogP contribution in [0.3, 0.4) is 0 Å². The number of carbonyl (C=O) groups is 1. The standard InChI is InChI=1S/C18H23N3O.ClH/c1-13-5-4-6-16(11-13)21-14(2)12-17(15(21)3)18(22)20-9-7-19-8-10-20;/h4-6,11-12,19H,7-10H2,1-3H3;1H. The van der Waals surface area contributed by atoms with E-state index in [0.29, 0.717) is 0 Å². The normalized spacial score (nSPS) is 14.5. The third-order valence-electron chi connectivity index (χ3n) is 4.33. The third kappa shape index (κ3) is 3.43. The van der Waals surface area contributed by atoms with Gasteiger partial charge in [-0.2, -0.15) is 0 Å². The average molecular weight is 334 g/mol. The fourth-order valence-electron chi connectivity index (χ4n) is 3.18. The van der Waals surface area contributed by atoms with E-state index in [1.54, 1.807) is 0 Å². The Morgan fingerprint density at radius 2 is 1.78 bits per heavy atom. The van der Waals surface area contributed by atoms with Crippen molar-refractivity contribution in [3.05, 3.63) is 52.8 Å². The molecule has 1 aromatic carbocycles. The molecular weight excluding hydrogens is 310 g/mol. The van der Waals surface area contributed by atoms with Gasteiger partial charge in [0.05, 0.1) is 5.56 Å². The lowest BCUT2D eigenvalue weighted by Gasteiger charge is -2.27. The minimum atomic E-state index is 0. The first-order chi connectivity index (χ1) is 10.6. The lowest BCUT2D eigenvalue weighted by Crippen LogP contribution is -2.46. The van der Waals surface area contributed by atoms with Crippen LogP contribution in [-0.2, 0) is 0 Å². The number of amides is 1. The number of nitrogens with zero attached hydrogens (tertiary/aromatic N) is 2. The summed E-state index contributed by atoms with van der Waals surface area (Å²) >= 11 is 0. The van der Waals surface area contributed by atoms with Gasteiger partial charge in [-0.3, -0.25) is 4.79 Å². The first-order valence-corrected chi connectivity index (χ1v) is 7.84. The highest BCUT2D eigenvalue weighted by molar-refractivity contribution is 5.96. The van der Waals surface area contributed by atoms with Gasteiger partial charge in [-0.05, 0) is 44.5 Å². The highest BCUT2D eigenvalue weighted by atomic mass is 35.5. The summed E-state index contributed by atoms with van der Waals surface area (Å²) in [6.07, 6.45) is 0. The van der Waals surface area contributed by atoms with E-state index in [0.717, 1.165) is 48.8 Å². The maximum absolute atomic E-state index is 12.8. The van der Waals surface area contributed by atoms with Crippen molar-refractivity contribution in [3.8, 4) is 5.69 Å². The summed E-state index contributed by atoms with van der Waals surface area (Å²) in [4.78, 5) is 14.7. The Balaban J connectivity index is 0.00000192. The van der Waals surface area contributed by atoms with Crippen LogP contribution < -0.4 is 5.32 Å². The molecule has 124 valence electrons. The minimum absolute atomic E-state index is 0. The zero-order valence-corrected chi connectivity index (χ0v) is 14.7. The molecule has 1 aromatic heterocycles. The number of aromatic nitrogens is 1. The molecule has 0 radical (unpaired) electrons. The number of hydrogen-bond acceptors (Lipinski definition) is 2. The van der Waals surface area contributed by atoms with Crippen molar-refractivity contribution < 1.29 is 4.79 Å². The molecule has 1 aliphatic rings. The van der Waals surface area contributed by atoms with Gasteiger partial charge in [-0.1, -0.05) is 12.1 Å². The SMILES string of the molecule is Cc1cccc(-n2c(C)cc(C(=O)N3CCNCC3)c2C)c1.Cl. The summed E-state index contributed by atoms with van der Waals surface area (Å²) in [6.45, 7) is 9.50. The van der Waals surface area contributed by atoms with E-state index in [1.807, 2.05) is 17.9 Å². The number of aryl methyl sites for hydroxylation is 2. The van der Waals surface area contributed by atoms with Gasteiger partial charge >= 0.3 is 0 Å². The number of halogens is 1. The maximum Gasteiger partial charge on any atom is 0.255 e. The number of hydrogen-bond donors (Lipinski definition) is 1. The van der Waals surface area contributed by atoms with E-state index in [2.05, 4.69) is 48.0 Å². The molecule has 2 aromatic rings. The van der Waals surface area contributed by atoms with E-state index in [9.17, 15) is 4.79 Å². The lowest BCUT2D eigenvalue weighted by atomic mass is 10.2. The van der Waals surface area contributed by atoms with Crippen LogP contribution >= 0.6 is 12.4 Å². The second kappa shape index (κ2) is 7.20. The zero-order valence-electron chi connectivity index (χ0n) is 13.9. The average Bonchev–Trinajstić information content (AvgIpc) is 2.82. The molecule has 0 bridgehead atoms. The Morgan fingerprint density at radius 1 is 1.09 bits per heavy atom. The van der Waals surface area contributed by atoms with Crippen molar-refractivity contribution in [1.29, 1.82) is 0 Å². The van der Waals surface area contributed by atoms with Gasteiger partial charge in [0.15, 0.2) is 0 Å². The Hall–Kier alpha value is -1.78. The summed E-state index contributed by atoms with van der Waals surface area (Å²) in [5, 5.41) is 3.29. The van der Waals surface area contributed by atoms with Gasteiger partial charge in [-0.15, -0.1) is 12.4 Å². The summed E-state index contributed by atoms with van der Waals surface area (Å²) in [5.74, 6) is 0.147. The van der Waals surface area contributed by atoms with Crippen LogP contribution in [0, 0.1) is 20.8 Å². The number of piperazine rings is 1. The number of benzene rings is 1. The molecular formula is C18H24ClN3O. The highest BCUT2D eigenvalue weighted by Crippen LogP contribution is 2.22. The first kappa shape index (κ1) is 17.6. The number of nitrogens with one attached hydrogen (secondary N) is 1. The van der Waals surface area contributed by atoms with Crippen molar-refractivity contribution in [2.75, 3.05) is 26.2 Å². The molecule has 2 heterocycles. The quantitative estimate of drug-likeness (QED) is 0.917. The fraction of sp³-hybridized carbons (Fsp3) is 0.389. The van der Waals surface area contributed by atoms with Crippen molar-refractivity contribution >= 4 is 18.3 Å². The molecule has 3 rings (SSSR count). The molecule has 1 N–H and O–H groups in total. The second-order valence-electron chi connectivity index (χ2n) is 6.00. The van der Waals surface area contributed by atoms with Gasteiger partial charge in [0.25, 0.3) is 5.91 Å². The van der Waals surface area contributed by atoms with Crippen LogP contribution in [0.2, 0.25) is 0 Å². The summed E-state index contributed by atoms with van der Waals surface area (Å²) in [7, 11) is 0. The van der Waals surface area contributed by atoms with Gasteiger partial charge in [0, 0.05) is 43.3 Å². The van der Waals surface area contributed by atoms with E-state index in [1.165, 1.54) is 5.56 Å². The van der Waals surface area contributed by atoms with E-state index < -0.39 is 0 Å². The molecule has 0 aliphatic carbocycles. The Kier molecular flexibility index (Phi) is 5.50. The molecule has 0 atom stereocenters. The lowest BCUT2D eigenvalue weighted by molar-refractivity contribution is 0.0735. The van der Waals surface area contributed by atoms with Crippen LogP contribution in [0.25, 0.3) is 5.69 Å². The molecule has 0 unspecified atom stereocenters. The summed E-state index contributed by atoms with van der Waals surface area (Å²) < 4.78 is 2.17. The van der Waals surface area contributed by atoms with Gasteiger partial charge in [-0.25, -0.2) is 0 Å². The molecule has 1 amide bonds. The van der Waals surface area contributed by atoms with Crippen LogP contribution in [0.15, 0.2) is 30.3 Å². The molecule has 0 spiro atoms. The van der Waals surface area contributed by atoms with Crippen LogP contribution in [0.5, 0.6) is 0 Å². The maximum atomic E-state index is 12.8. The minimum Gasteiger partial charge on any atom is -0.336 e. The molecule has 1 saturated heterocycles. The third-order valence-corrected chi connectivity index (χ3v) is 4.33. The van der Waals surface area contributed by atoms with E-state index in [4.69, 9.17) is 0 Å². The van der Waals surface area contributed by atoms with E-state index >= 15 is 0 Å². The van der Waals surface area contributed by atoms with Crippen LogP contribution in [0.1, 0.15) is 27.3 Å². The Labute approximate surface area is 143 Å². The molecule has 0 saturated carbocycles. The summed E-state index contributed by atoms with van der Waals surface area (Å²) in [5.41, 5.74) is 5.28. The number of carbonyl (C=O) groups excluding carboxylic acids is 1. The van der Waals surface area contributed by atoms with Crippen molar-refractivity contribution in [2.45, 2.75) is 20.8 Å². The van der Waals surface area contributed by atoms with E-state index in [-0.39, 0.29) is 18.3 Å². The zero-order chi connectivity index (χ0) is 15.7. The second-order valence-corrected chi connectivity index (χ2v) is 6.00. The fourth-order valence-corrected chi connectivity index (χ4v) is 3.18. The predicted octanol–water partition coefficient (Wildman–Crippen LogP) is 2.87. The predicted molar refractivity (Wildman–Crippen MR) is 96.0 cm³/mol. The Bertz CT molecular complexity index is 702. The largest absolute Gasteiger partial charge is 0.336 e. The monoisotopic (exact) mass is 333 g/mol. The molecule has 23 heavy (non-hydrogen) atoms. The molecule has 4 nitrogen and oxygen atoms in total. The van der Waals surface area contributed by atoms with Gasteiger partial charge in [0.2, 0.25) is 0 Å². The molecule has 1 aliphatic heterocycles. The first-order valence-electron chi connectivity index (χ1n) is 7.84. The molecule has 5 heteroatoms. The van der Waals surface area contributed by atoms with Gasteiger partial charge in [0.1, 0.15) is 0 Å². The summed E-state index contributed by atoms with van der Waals surface area (Å²) in [6, 6.07) is 10.4. The van der Waals surface area contributed by atoms with Crippen molar-refractivity contribution in [2.24, 2.45) is 0 Å². The van der Waals surface area contributed by atoms with Crippen LogP contribution in [0.4, 0.5) is 0 Å². The number of rotatable bonds is 2. The van der Waals surface area contributed by atoms with Crippen LogP contribution in [-0.4, -0.2) is 41.6 Å². The topological polar surface area (TPSA) is 37.3 Å². The smallest absolute Gasteiger partial charge is 0.255 e. The molecule has 1 fully saturated rings. The Morgan fingerprint density at radius 3 is 2.43 bits per heavy atom.